The van der Waals surface area contributed by atoms with Crippen LogP contribution in [0.4, 0.5) is 0 Å². The number of hydrogen-bond acceptors (Lipinski definition) is 5. The van der Waals surface area contributed by atoms with Gasteiger partial charge >= 0.3 is 0 Å². The normalized spacial score (nSPS) is 11.6. The van der Waals surface area contributed by atoms with Crippen LogP contribution in [0.1, 0.15) is 0 Å². The molecular weight excluding hydrogens is 282 g/mol. The van der Waals surface area contributed by atoms with Crippen molar-refractivity contribution in [2.24, 2.45) is 0 Å². The largest absolute Gasteiger partial charge is 0.280 e. The number of sulfone groups is 1. The van der Waals surface area contributed by atoms with Crippen molar-refractivity contribution in [3.63, 3.8) is 0 Å². The van der Waals surface area contributed by atoms with Gasteiger partial charge in [0.05, 0.1) is 11.1 Å². The molecule has 0 saturated heterocycles. The monoisotopic (exact) mass is 291 g/mol. The highest BCUT2D eigenvalue weighted by atomic mass is 32.2. The molecule has 1 aromatic carbocycles. The van der Waals surface area contributed by atoms with Crippen LogP contribution in [0, 0.1) is 0 Å². The van der Waals surface area contributed by atoms with E-state index in [1.165, 1.54) is 23.9 Å². The summed E-state index contributed by atoms with van der Waals surface area (Å²) in [6, 6.07) is 8.25. The van der Waals surface area contributed by atoms with Crippen LogP contribution in [0.25, 0.3) is 5.13 Å². The van der Waals surface area contributed by atoms with Crippen LogP contribution in [0.3, 0.4) is 0 Å². The SMILES string of the molecule is O=S(=O)(c1ccccc1)c1cn(-c2nccs2)cn1. The van der Waals surface area contributed by atoms with Crippen molar-refractivity contribution in [3.8, 4) is 5.13 Å². The first-order chi connectivity index (χ1) is 9.18. The number of benzene rings is 1. The molecule has 2 aromatic heterocycles. The van der Waals surface area contributed by atoms with Gasteiger partial charge in [-0.1, -0.05) is 18.2 Å². The zero-order valence-electron chi connectivity index (χ0n) is 9.67. The molecule has 0 saturated carbocycles. The van der Waals surface area contributed by atoms with Gasteiger partial charge in [-0.2, -0.15) is 0 Å². The van der Waals surface area contributed by atoms with Crippen LogP contribution in [-0.4, -0.2) is 23.0 Å². The fourth-order valence-corrected chi connectivity index (χ4v) is 3.39. The third-order valence-corrected chi connectivity index (χ3v) is 4.97. The maximum absolute atomic E-state index is 12.3. The van der Waals surface area contributed by atoms with Crippen molar-refractivity contribution >= 4 is 21.2 Å². The number of imidazole rings is 1. The van der Waals surface area contributed by atoms with Crippen molar-refractivity contribution in [2.45, 2.75) is 9.92 Å². The van der Waals surface area contributed by atoms with Gasteiger partial charge in [0.25, 0.3) is 0 Å². The molecule has 0 N–H and O–H groups in total. The van der Waals surface area contributed by atoms with Crippen molar-refractivity contribution in [1.29, 1.82) is 0 Å². The Morgan fingerprint density at radius 3 is 2.58 bits per heavy atom. The molecule has 5 nitrogen and oxygen atoms in total. The van der Waals surface area contributed by atoms with Gasteiger partial charge in [-0.3, -0.25) is 4.57 Å². The molecular formula is C12H9N3O2S2. The Balaban J connectivity index is 2.04. The van der Waals surface area contributed by atoms with Gasteiger partial charge in [-0.05, 0) is 12.1 Å². The summed E-state index contributed by atoms with van der Waals surface area (Å²) in [5.41, 5.74) is 0. The molecule has 0 bridgehead atoms. The van der Waals surface area contributed by atoms with Crippen LogP contribution >= 0.6 is 11.3 Å². The van der Waals surface area contributed by atoms with Gasteiger partial charge in [-0.25, -0.2) is 18.4 Å². The van der Waals surface area contributed by atoms with E-state index in [9.17, 15) is 8.42 Å². The Morgan fingerprint density at radius 1 is 1.11 bits per heavy atom. The van der Waals surface area contributed by atoms with Crippen LogP contribution in [0.2, 0.25) is 0 Å². The summed E-state index contributed by atoms with van der Waals surface area (Å²) < 4.78 is 26.2. The Kier molecular flexibility index (Phi) is 2.92. The van der Waals surface area contributed by atoms with Crippen LogP contribution in [-0.2, 0) is 9.84 Å². The van der Waals surface area contributed by atoms with E-state index in [-0.39, 0.29) is 9.92 Å². The summed E-state index contributed by atoms with van der Waals surface area (Å²) >= 11 is 1.41. The van der Waals surface area contributed by atoms with Gasteiger partial charge < -0.3 is 0 Å². The maximum atomic E-state index is 12.3. The van der Waals surface area contributed by atoms with E-state index < -0.39 is 9.84 Å². The summed E-state index contributed by atoms with van der Waals surface area (Å²) in [5, 5.41) is 2.52. The lowest BCUT2D eigenvalue weighted by atomic mass is 10.4. The minimum absolute atomic E-state index is 0.0221. The van der Waals surface area contributed by atoms with E-state index >= 15 is 0 Å². The van der Waals surface area contributed by atoms with Crippen molar-refractivity contribution in [2.75, 3.05) is 0 Å². The first-order valence-corrected chi connectivity index (χ1v) is 7.78. The lowest BCUT2D eigenvalue weighted by molar-refractivity contribution is 0.593. The molecule has 0 aliphatic carbocycles. The summed E-state index contributed by atoms with van der Waals surface area (Å²) in [6.45, 7) is 0. The standard InChI is InChI=1S/C12H9N3O2S2/c16-19(17,10-4-2-1-3-5-10)11-8-15(9-14-11)12-13-6-7-18-12/h1-9H. The maximum Gasteiger partial charge on any atom is 0.225 e. The second kappa shape index (κ2) is 4.60. The third kappa shape index (κ3) is 2.18. The van der Waals surface area contributed by atoms with E-state index in [4.69, 9.17) is 0 Å². The lowest BCUT2D eigenvalue weighted by Gasteiger charge is -1.99. The highest BCUT2D eigenvalue weighted by Gasteiger charge is 2.20. The topological polar surface area (TPSA) is 64.8 Å². The zero-order valence-corrected chi connectivity index (χ0v) is 11.3. The molecule has 0 radical (unpaired) electrons. The molecule has 0 unspecified atom stereocenters. The first kappa shape index (κ1) is 12.1. The Labute approximate surface area is 114 Å². The molecule has 0 atom stereocenters. The van der Waals surface area contributed by atoms with E-state index in [1.807, 2.05) is 5.38 Å². The molecule has 0 aliphatic rings. The predicted octanol–water partition coefficient (Wildman–Crippen LogP) is 2.16. The molecule has 19 heavy (non-hydrogen) atoms. The highest BCUT2D eigenvalue weighted by molar-refractivity contribution is 7.91. The third-order valence-electron chi connectivity index (χ3n) is 2.53. The summed E-state index contributed by atoms with van der Waals surface area (Å²) in [5.74, 6) is 0. The Morgan fingerprint density at radius 2 is 1.89 bits per heavy atom. The highest BCUT2D eigenvalue weighted by Crippen LogP contribution is 2.20. The summed E-state index contributed by atoms with van der Waals surface area (Å²) in [4.78, 5) is 8.30. The lowest BCUT2D eigenvalue weighted by Crippen LogP contribution is -2.02. The van der Waals surface area contributed by atoms with Crippen LogP contribution < -0.4 is 0 Å². The molecule has 0 amide bonds. The predicted molar refractivity (Wildman–Crippen MR) is 71.1 cm³/mol. The minimum atomic E-state index is -3.56. The smallest absolute Gasteiger partial charge is 0.225 e. The average Bonchev–Trinajstić information content (AvgIpc) is 3.10. The average molecular weight is 291 g/mol. The van der Waals surface area contributed by atoms with Gasteiger partial charge in [0.15, 0.2) is 10.2 Å². The van der Waals surface area contributed by atoms with Crippen molar-refractivity contribution in [3.05, 3.63) is 54.4 Å². The fourth-order valence-electron chi connectivity index (χ4n) is 1.61. The molecule has 3 aromatic rings. The number of thiazole rings is 1. The number of aromatic nitrogens is 3. The second-order valence-electron chi connectivity index (χ2n) is 3.75. The Hall–Kier alpha value is -1.99. The quantitative estimate of drug-likeness (QED) is 0.741. The van der Waals surface area contributed by atoms with Crippen molar-refractivity contribution < 1.29 is 8.42 Å². The summed E-state index contributed by atoms with van der Waals surface area (Å²) in [7, 11) is -3.56. The molecule has 7 heteroatoms. The Bertz CT molecular complexity index is 778. The number of rotatable bonds is 3. The number of nitrogens with zero attached hydrogens (tertiary/aromatic N) is 3. The van der Waals surface area contributed by atoms with Gasteiger partial charge in [0.2, 0.25) is 9.84 Å². The van der Waals surface area contributed by atoms with E-state index in [0.29, 0.717) is 5.13 Å². The molecule has 3 rings (SSSR count). The minimum Gasteiger partial charge on any atom is -0.280 e. The second-order valence-corrected chi connectivity index (χ2v) is 6.52. The van der Waals surface area contributed by atoms with Crippen molar-refractivity contribution in [1.82, 2.24) is 14.5 Å². The van der Waals surface area contributed by atoms with Crippen LogP contribution in [0.5, 0.6) is 0 Å². The summed E-state index contributed by atoms with van der Waals surface area (Å²) in [6.07, 6.45) is 4.58. The zero-order chi connectivity index (χ0) is 13.3. The molecule has 0 fully saturated rings. The van der Waals surface area contributed by atoms with Crippen LogP contribution in [0.15, 0.2) is 64.4 Å². The van der Waals surface area contributed by atoms with Gasteiger partial charge in [-0.15, -0.1) is 11.3 Å². The molecule has 96 valence electrons. The van der Waals surface area contributed by atoms with E-state index in [1.54, 1.807) is 41.1 Å². The molecule has 2 heterocycles. The number of hydrogen-bond donors (Lipinski definition) is 0. The molecule has 0 spiro atoms. The molecule has 0 aliphatic heterocycles. The van der Waals surface area contributed by atoms with E-state index in [0.717, 1.165) is 0 Å². The van der Waals surface area contributed by atoms with Gasteiger partial charge in [0, 0.05) is 11.6 Å². The fraction of sp³-hybridized carbons (Fsp3) is 0. The first-order valence-electron chi connectivity index (χ1n) is 5.42. The van der Waals surface area contributed by atoms with Gasteiger partial charge in [0.1, 0.15) is 6.33 Å². The van der Waals surface area contributed by atoms with E-state index in [2.05, 4.69) is 9.97 Å².